The smallest absolute Gasteiger partial charge is 0.140 e. The molecule has 0 saturated carbocycles. The highest BCUT2D eigenvalue weighted by Crippen LogP contribution is 2.34. The van der Waals surface area contributed by atoms with Crippen LogP contribution in [0.4, 0.5) is 0 Å². The molecule has 15 heavy (non-hydrogen) atoms. The highest BCUT2D eigenvalue weighted by Gasteiger charge is 2.38. The summed E-state index contributed by atoms with van der Waals surface area (Å²) in [4.78, 5) is 4.24. The van der Waals surface area contributed by atoms with Crippen LogP contribution in [0.25, 0.3) is 0 Å². The minimum atomic E-state index is -0.808. The van der Waals surface area contributed by atoms with Gasteiger partial charge in [-0.2, -0.15) is 0 Å². The van der Waals surface area contributed by atoms with Gasteiger partial charge in [0.15, 0.2) is 0 Å². The molecule has 4 heteroatoms. The second kappa shape index (κ2) is 3.94. The Morgan fingerprint density at radius 2 is 2.53 bits per heavy atom. The van der Waals surface area contributed by atoms with E-state index in [0.29, 0.717) is 19.4 Å². The van der Waals surface area contributed by atoms with Crippen LogP contribution in [0.2, 0.25) is 0 Å². The lowest BCUT2D eigenvalue weighted by atomic mass is 9.88. The number of ether oxygens (including phenoxy) is 1. The van der Waals surface area contributed by atoms with Crippen LogP contribution in [0.3, 0.4) is 0 Å². The SMILES string of the molecule is CCC1CC(O)(c2nccn2C)CCO1. The van der Waals surface area contributed by atoms with Crippen LogP contribution in [0.5, 0.6) is 0 Å². The fourth-order valence-corrected chi connectivity index (χ4v) is 2.21. The number of imidazole rings is 1. The molecule has 2 heterocycles. The molecule has 1 aromatic rings. The number of aromatic nitrogens is 2. The van der Waals surface area contributed by atoms with Gasteiger partial charge in [-0.05, 0) is 6.42 Å². The molecule has 0 spiro atoms. The van der Waals surface area contributed by atoms with Gasteiger partial charge in [0.05, 0.1) is 12.7 Å². The lowest BCUT2D eigenvalue weighted by Crippen LogP contribution is -2.40. The Morgan fingerprint density at radius 1 is 1.73 bits per heavy atom. The summed E-state index contributed by atoms with van der Waals surface area (Å²) >= 11 is 0. The monoisotopic (exact) mass is 210 g/mol. The zero-order valence-electron chi connectivity index (χ0n) is 9.31. The highest BCUT2D eigenvalue weighted by atomic mass is 16.5. The summed E-state index contributed by atoms with van der Waals surface area (Å²) in [6.07, 6.45) is 5.96. The normalized spacial score (nSPS) is 31.8. The van der Waals surface area contributed by atoms with Crippen LogP contribution in [0, 0.1) is 0 Å². The van der Waals surface area contributed by atoms with E-state index in [2.05, 4.69) is 11.9 Å². The molecule has 2 unspecified atom stereocenters. The zero-order chi connectivity index (χ0) is 10.9. The second-order valence-corrected chi connectivity index (χ2v) is 4.25. The average molecular weight is 210 g/mol. The zero-order valence-corrected chi connectivity index (χ0v) is 9.31. The molecule has 2 atom stereocenters. The number of nitrogens with zero attached hydrogens (tertiary/aromatic N) is 2. The maximum absolute atomic E-state index is 10.6. The Hall–Kier alpha value is -0.870. The van der Waals surface area contributed by atoms with Gasteiger partial charge < -0.3 is 14.4 Å². The quantitative estimate of drug-likeness (QED) is 0.797. The third-order valence-electron chi connectivity index (χ3n) is 3.13. The number of rotatable bonds is 2. The van der Waals surface area contributed by atoms with Crippen LogP contribution in [-0.2, 0) is 17.4 Å². The van der Waals surface area contributed by atoms with Gasteiger partial charge in [-0.25, -0.2) is 4.98 Å². The van der Waals surface area contributed by atoms with Crippen molar-refractivity contribution >= 4 is 0 Å². The Kier molecular flexibility index (Phi) is 2.80. The summed E-state index contributed by atoms with van der Waals surface area (Å²) in [5, 5.41) is 10.6. The summed E-state index contributed by atoms with van der Waals surface area (Å²) in [7, 11) is 1.91. The topological polar surface area (TPSA) is 47.3 Å². The first-order valence-electron chi connectivity index (χ1n) is 5.47. The molecule has 84 valence electrons. The lowest BCUT2D eigenvalue weighted by Gasteiger charge is -2.35. The molecule has 0 radical (unpaired) electrons. The first-order chi connectivity index (χ1) is 7.15. The van der Waals surface area contributed by atoms with Gasteiger partial charge in [-0.15, -0.1) is 0 Å². The summed E-state index contributed by atoms with van der Waals surface area (Å²) in [6.45, 7) is 2.69. The van der Waals surface area contributed by atoms with Gasteiger partial charge in [0.25, 0.3) is 0 Å². The van der Waals surface area contributed by atoms with Gasteiger partial charge in [-0.3, -0.25) is 0 Å². The fourth-order valence-electron chi connectivity index (χ4n) is 2.21. The van der Waals surface area contributed by atoms with Crippen LogP contribution < -0.4 is 0 Å². The maximum Gasteiger partial charge on any atom is 0.140 e. The van der Waals surface area contributed by atoms with Gasteiger partial charge in [0, 0.05) is 32.3 Å². The van der Waals surface area contributed by atoms with E-state index >= 15 is 0 Å². The predicted octanol–water partition coefficient (Wildman–Crippen LogP) is 1.20. The Morgan fingerprint density at radius 3 is 3.13 bits per heavy atom. The molecule has 1 fully saturated rings. The molecule has 0 bridgehead atoms. The largest absolute Gasteiger partial charge is 0.382 e. The minimum Gasteiger partial charge on any atom is -0.382 e. The van der Waals surface area contributed by atoms with E-state index in [9.17, 15) is 5.11 Å². The highest BCUT2D eigenvalue weighted by molar-refractivity contribution is 5.06. The van der Waals surface area contributed by atoms with E-state index in [1.165, 1.54) is 0 Å². The van der Waals surface area contributed by atoms with Crippen molar-refractivity contribution in [3.63, 3.8) is 0 Å². The van der Waals surface area contributed by atoms with Crippen molar-refractivity contribution in [3.05, 3.63) is 18.2 Å². The van der Waals surface area contributed by atoms with Crippen LogP contribution >= 0.6 is 0 Å². The molecule has 1 saturated heterocycles. The molecule has 1 N–H and O–H groups in total. The number of aryl methyl sites for hydroxylation is 1. The number of hydrogen-bond donors (Lipinski definition) is 1. The van der Waals surface area contributed by atoms with Crippen LogP contribution in [-0.4, -0.2) is 27.4 Å². The van der Waals surface area contributed by atoms with Crippen molar-refractivity contribution in [2.75, 3.05) is 6.61 Å². The van der Waals surface area contributed by atoms with E-state index in [0.717, 1.165) is 12.2 Å². The molecule has 0 aliphatic carbocycles. The minimum absolute atomic E-state index is 0.153. The molecule has 1 aliphatic rings. The molecule has 0 amide bonds. The van der Waals surface area contributed by atoms with Crippen molar-refractivity contribution in [3.8, 4) is 0 Å². The molecule has 0 aromatic carbocycles. The molecular formula is C11H18N2O2. The summed E-state index contributed by atoms with van der Waals surface area (Å²) in [5.41, 5.74) is -0.808. The molecule has 2 rings (SSSR count). The Bertz CT molecular complexity index is 337. The van der Waals surface area contributed by atoms with E-state index in [1.54, 1.807) is 6.20 Å². The van der Waals surface area contributed by atoms with E-state index in [-0.39, 0.29) is 6.10 Å². The van der Waals surface area contributed by atoms with Crippen molar-refractivity contribution in [2.45, 2.75) is 37.9 Å². The van der Waals surface area contributed by atoms with Gasteiger partial charge in [0.2, 0.25) is 0 Å². The Balaban J connectivity index is 2.22. The summed E-state index contributed by atoms with van der Waals surface area (Å²) in [6, 6.07) is 0. The first-order valence-corrected chi connectivity index (χ1v) is 5.47. The van der Waals surface area contributed by atoms with Crippen molar-refractivity contribution in [1.82, 2.24) is 9.55 Å². The van der Waals surface area contributed by atoms with Gasteiger partial charge in [-0.1, -0.05) is 6.92 Å². The third kappa shape index (κ3) is 1.92. The second-order valence-electron chi connectivity index (χ2n) is 4.25. The van der Waals surface area contributed by atoms with Crippen LogP contribution in [0.15, 0.2) is 12.4 Å². The maximum atomic E-state index is 10.6. The lowest BCUT2D eigenvalue weighted by molar-refractivity contribution is -0.113. The molecule has 1 aromatic heterocycles. The van der Waals surface area contributed by atoms with E-state index < -0.39 is 5.60 Å². The molecular weight excluding hydrogens is 192 g/mol. The van der Waals surface area contributed by atoms with Crippen molar-refractivity contribution < 1.29 is 9.84 Å². The first kappa shape index (κ1) is 10.6. The van der Waals surface area contributed by atoms with Gasteiger partial charge >= 0.3 is 0 Å². The average Bonchev–Trinajstić information content (AvgIpc) is 2.65. The van der Waals surface area contributed by atoms with Crippen LogP contribution in [0.1, 0.15) is 32.0 Å². The molecule has 1 aliphatic heterocycles. The fraction of sp³-hybridized carbons (Fsp3) is 0.727. The van der Waals surface area contributed by atoms with Crippen molar-refractivity contribution in [2.24, 2.45) is 7.05 Å². The van der Waals surface area contributed by atoms with E-state index in [4.69, 9.17) is 4.74 Å². The van der Waals surface area contributed by atoms with Gasteiger partial charge in [0.1, 0.15) is 11.4 Å². The Labute approximate surface area is 89.9 Å². The molecule has 4 nitrogen and oxygen atoms in total. The third-order valence-corrected chi connectivity index (χ3v) is 3.13. The summed E-state index contributed by atoms with van der Waals surface area (Å²) in [5.74, 6) is 0.754. The number of hydrogen-bond acceptors (Lipinski definition) is 3. The van der Waals surface area contributed by atoms with Crippen molar-refractivity contribution in [1.29, 1.82) is 0 Å². The van der Waals surface area contributed by atoms with E-state index in [1.807, 2.05) is 17.8 Å². The standard InChI is InChI=1S/C11H18N2O2/c1-3-9-8-11(14,4-7-15-9)10-12-5-6-13(10)2/h5-6,9,14H,3-4,7-8H2,1-2H3. The number of aliphatic hydroxyl groups is 1. The summed E-state index contributed by atoms with van der Waals surface area (Å²) < 4.78 is 7.45. The predicted molar refractivity (Wildman–Crippen MR) is 56.4 cm³/mol.